The van der Waals surface area contributed by atoms with E-state index >= 15 is 0 Å². The Kier molecular flexibility index (Phi) is 3.49. The molecule has 0 saturated heterocycles. The summed E-state index contributed by atoms with van der Waals surface area (Å²) in [7, 11) is 0. The van der Waals surface area contributed by atoms with Crippen molar-refractivity contribution in [3.8, 4) is 11.5 Å². The van der Waals surface area contributed by atoms with E-state index in [9.17, 15) is 0 Å². The predicted molar refractivity (Wildman–Crippen MR) is 71.6 cm³/mol. The molecule has 2 N–H and O–H groups in total. The van der Waals surface area contributed by atoms with Gasteiger partial charge in [0.05, 0.1) is 0 Å². The lowest BCUT2D eigenvalue weighted by molar-refractivity contribution is 0.174. The fourth-order valence-corrected chi connectivity index (χ4v) is 1.57. The Balaban J connectivity index is 1.95. The molecule has 1 aliphatic heterocycles. The molecule has 0 unspecified atom stereocenters. The SMILES string of the molecule is C=C(C)CNC(=S)Nc1ccc2c(c1)OCO2. The number of hydrogen-bond donors (Lipinski definition) is 2. The average molecular weight is 250 g/mol. The molecule has 0 spiro atoms. The lowest BCUT2D eigenvalue weighted by atomic mass is 10.3. The van der Waals surface area contributed by atoms with Gasteiger partial charge in [0.2, 0.25) is 6.79 Å². The largest absolute Gasteiger partial charge is 0.454 e. The van der Waals surface area contributed by atoms with Gasteiger partial charge in [0.25, 0.3) is 0 Å². The summed E-state index contributed by atoms with van der Waals surface area (Å²) in [5.74, 6) is 1.49. The van der Waals surface area contributed by atoms with Crippen LogP contribution in [0, 0.1) is 0 Å². The van der Waals surface area contributed by atoms with Gasteiger partial charge in [-0.05, 0) is 31.3 Å². The van der Waals surface area contributed by atoms with E-state index in [-0.39, 0.29) is 6.79 Å². The lowest BCUT2D eigenvalue weighted by Gasteiger charge is -2.10. The minimum atomic E-state index is 0.275. The van der Waals surface area contributed by atoms with Gasteiger partial charge in [-0.25, -0.2) is 0 Å². The van der Waals surface area contributed by atoms with E-state index in [0.29, 0.717) is 11.7 Å². The molecule has 1 heterocycles. The monoisotopic (exact) mass is 250 g/mol. The number of thiocarbonyl (C=S) groups is 1. The van der Waals surface area contributed by atoms with Crippen molar-refractivity contribution < 1.29 is 9.47 Å². The molecular formula is C12H14N2O2S. The third kappa shape index (κ3) is 3.10. The topological polar surface area (TPSA) is 42.5 Å². The highest BCUT2D eigenvalue weighted by Gasteiger charge is 2.13. The Morgan fingerprint density at radius 2 is 2.18 bits per heavy atom. The number of rotatable bonds is 3. The maximum Gasteiger partial charge on any atom is 0.231 e. The molecule has 5 heteroatoms. The van der Waals surface area contributed by atoms with Crippen LogP contribution in [-0.4, -0.2) is 18.5 Å². The molecule has 1 aliphatic rings. The molecule has 2 rings (SSSR count). The van der Waals surface area contributed by atoms with E-state index < -0.39 is 0 Å². The standard InChI is InChI=1S/C12H14N2O2S/c1-8(2)6-13-12(17)14-9-3-4-10-11(5-9)16-7-15-10/h3-5H,1,6-7H2,2H3,(H2,13,14,17). The summed E-state index contributed by atoms with van der Waals surface area (Å²) in [5, 5.41) is 6.68. The maximum atomic E-state index is 5.28. The van der Waals surface area contributed by atoms with Crippen LogP contribution < -0.4 is 20.1 Å². The quantitative estimate of drug-likeness (QED) is 0.636. The Hall–Kier alpha value is -1.75. The highest BCUT2D eigenvalue weighted by molar-refractivity contribution is 7.80. The summed E-state index contributed by atoms with van der Waals surface area (Å²) in [5.41, 5.74) is 1.90. The van der Waals surface area contributed by atoms with Crippen LogP contribution in [0.15, 0.2) is 30.4 Å². The molecule has 17 heavy (non-hydrogen) atoms. The molecule has 0 aliphatic carbocycles. The fourth-order valence-electron chi connectivity index (χ4n) is 1.38. The van der Waals surface area contributed by atoms with Gasteiger partial charge >= 0.3 is 0 Å². The van der Waals surface area contributed by atoms with Crippen molar-refractivity contribution in [1.82, 2.24) is 5.32 Å². The van der Waals surface area contributed by atoms with Crippen LogP contribution in [0.2, 0.25) is 0 Å². The first-order valence-corrected chi connectivity index (χ1v) is 5.65. The first-order chi connectivity index (χ1) is 8.15. The van der Waals surface area contributed by atoms with Gasteiger partial charge in [-0.3, -0.25) is 0 Å². The molecule has 0 atom stereocenters. The summed E-state index contributed by atoms with van der Waals surface area (Å²) in [6, 6.07) is 5.60. The minimum absolute atomic E-state index is 0.275. The first kappa shape index (κ1) is 11.7. The van der Waals surface area contributed by atoms with E-state index in [4.69, 9.17) is 21.7 Å². The van der Waals surface area contributed by atoms with E-state index in [2.05, 4.69) is 17.2 Å². The van der Waals surface area contributed by atoms with Crippen LogP contribution in [0.5, 0.6) is 11.5 Å². The van der Waals surface area contributed by atoms with Crippen molar-refractivity contribution in [1.29, 1.82) is 0 Å². The zero-order valence-corrected chi connectivity index (χ0v) is 10.4. The molecule has 90 valence electrons. The Labute approximate surface area is 106 Å². The predicted octanol–water partition coefficient (Wildman–Crippen LogP) is 2.28. The second-order valence-electron chi connectivity index (χ2n) is 3.83. The van der Waals surface area contributed by atoms with E-state index in [1.54, 1.807) is 0 Å². The van der Waals surface area contributed by atoms with Crippen molar-refractivity contribution in [3.63, 3.8) is 0 Å². The van der Waals surface area contributed by atoms with Crippen molar-refractivity contribution in [2.45, 2.75) is 6.92 Å². The summed E-state index contributed by atoms with van der Waals surface area (Å²) < 4.78 is 10.5. The number of benzene rings is 1. The molecule has 0 fully saturated rings. The van der Waals surface area contributed by atoms with Gasteiger partial charge in [-0.2, -0.15) is 0 Å². The normalized spacial score (nSPS) is 12.1. The Morgan fingerprint density at radius 1 is 1.41 bits per heavy atom. The third-order valence-corrected chi connectivity index (χ3v) is 2.43. The molecule has 1 aromatic carbocycles. The van der Waals surface area contributed by atoms with Crippen molar-refractivity contribution in [3.05, 3.63) is 30.4 Å². The highest BCUT2D eigenvalue weighted by atomic mass is 32.1. The molecule has 0 saturated carbocycles. The Morgan fingerprint density at radius 3 is 2.94 bits per heavy atom. The highest BCUT2D eigenvalue weighted by Crippen LogP contribution is 2.34. The van der Waals surface area contributed by atoms with E-state index in [1.807, 2.05) is 25.1 Å². The molecular weight excluding hydrogens is 236 g/mol. The van der Waals surface area contributed by atoms with E-state index in [1.165, 1.54) is 0 Å². The van der Waals surface area contributed by atoms with Gasteiger partial charge in [0, 0.05) is 18.3 Å². The molecule has 4 nitrogen and oxygen atoms in total. The van der Waals surface area contributed by atoms with Crippen LogP contribution in [0.1, 0.15) is 6.92 Å². The summed E-state index contributed by atoms with van der Waals surface area (Å²) in [6.07, 6.45) is 0. The molecule has 0 radical (unpaired) electrons. The van der Waals surface area contributed by atoms with Gasteiger partial charge in [0.15, 0.2) is 16.6 Å². The molecule has 0 amide bonds. The number of hydrogen-bond acceptors (Lipinski definition) is 3. The average Bonchev–Trinajstić information content (AvgIpc) is 2.73. The first-order valence-electron chi connectivity index (χ1n) is 5.24. The van der Waals surface area contributed by atoms with Gasteiger partial charge in [0.1, 0.15) is 0 Å². The number of ether oxygens (including phenoxy) is 2. The summed E-state index contributed by atoms with van der Waals surface area (Å²) >= 11 is 5.15. The van der Waals surface area contributed by atoms with Gasteiger partial charge in [-0.15, -0.1) is 0 Å². The number of nitrogens with one attached hydrogen (secondary N) is 2. The second-order valence-corrected chi connectivity index (χ2v) is 4.24. The number of anilines is 1. The van der Waals surface area contributed by atoms with Crippen LogP contribution in [0.25, 0.3) is 0 Å². The van der Waals surface area contributed by atoms with Gasteiger partial charge < -0.3 is 20.1 Å². The van der Waals surface area contributed by atoms with Crippen molar-refractivity contribution in [2.75, 3.05) is 18.7 Å². The van der Waals surface area contributed by atoms with Crippen molar-refractivity contribution in [2.24, 2.45) is 0 Å². The molecule has 1 aromatic rings. The second kappa shape index (κ2) is 5.05. The summed E-state index contributed by atoms with van der Waals surface area (Å²) in [4.78, 5) is 0. The Bertz CT molecular complexity index is 460. The van der Waals surface area contributed by atoms with Crippen LogP contribution in [-0.2, 0) is 0 Å². The molecule has 0 aromatic heterocycles. The lowest BCUT2D eigenvalue weighted by Crippen LogP contribution is -2.29. The van der Waals surface area contributed by atoms with Crippen LogP contribution in [0.4, 0.5) is 5.69 Å². The maximum absolute atomic E-state index is 5.28. The molecule has 0 bridgehead atoms. The minimum Gasteiger partial charge on any atom is -0.454 e. The zero-order valence-electron chi connectivity index (χ0n) is 9.58. The smallest absolute Gasteiger partial charge is 0.231 e. The van der Waals surface area contributed by atoms with E-state index in [0.717, 1.165) is 22.8 Å². The van der Waals surface area contributed by atoms with Crippen molar-refractivity contribution >= 4 is 23.0 Å². The third-order valence-electron chi connectivity index (χ3n) is 2.18. The van der Waals surface area contributed by atoms with Crippen LogP contribution >= 0.6 is 12.2 Å². The fraction of sp³-hybridized carbons (Fsp3) is 0.250. The number of fused-ring (bicyclic) bond motifs is 1. The zero-order chi connectivity index (χ0) is 12.3. The van der Waals surface area contributed by atoms with Crippen LogP contribution in [0.3, 0.4) is 0 Å². The summed E-state index contributed by atoms with van der Waals surface area (Å²) in [6.45, 7) is 6.67. The van der Waals surface area contributed by atoms with Gasteiger partial charge in [-0.1, -0.05) is 12.2 Å².